The number of unbranched alkanes of at least 4 members (excludes halogenated alkanes) is 39. The molecular weight excluding hydrogens is 996 g/mol. The fourth-order valence-corrected chi connectivity index (χ4v) is 10.7. The van der Waals surface area contributed by atoms with Gasteiger partial charge in [0.25, 0.3) is 7.82 Å². The third kappa shape index (κ3) is 63.4. The molecule has 0 saturated carbocycles. The monoisotopic (exact) mass is 1130 g/mol. The summed E-state index contributed by atoms with van der Waals surface area (Å²) in [6, 6.07) is -0.905. The van der Waals surface area contributed by atoms with E-state index in [9.17, 15) is 19.4 Å². The Hall–Kier alpha value is -2.06. The molecule has 79 heavy (non-hydrogen) atoms. The molecule has 0 aliphatic carbocycles. The van der Waals surface area contributed by atoms with Gasteiger partial charge in [0.1, 0.15) is 13.2 Å². The predicted octanol–water partition coefficient (Wildman–Crippen LogP) is 20.8. The Labute approximate surface area is 491 Å². The van der Waals surface area contributed by atoms with Crippen LogP contribution in [-0.2, 0) is 18.4 Å². The Kier molecular flexibility index (Phi) is 59.0. The van der Waals surface area contributed by atoms with E-state index in [1.807, 2.05) is 27.2 Å². The van der Waals surface area contributed by atoms with Crippen LogP contribution in [0.3, 0.4) is 0 Å². The highest BCUT2D eigenvalue weighted by Gasteiger charge is 2.23. The number of phosphoric acid groups is 1. The molecule has 0 aromatic heterocycles. The van der Waals surface area contributed by atoms with Gasteiger partial charge in [-0.15, -0.1) is 0 Å². The number of phosphoric ester groups is 1. The Bertz CT molecular complexity index is 1520. The van der Waals surface area contributed by atoms with E-state index >= 15 is 0 Å². The Balaban J connectivity index is 4.05. The SMILES string of the molecule is CC/C=C\C/C=C\C/C=C\C/C=C\CCCCCCCCCCCCCCCCCCCCCCCCC(=O)NC(COP(=O)([O-])OCC[N+](C)(C)C)C(O)/C=C/CC/C=C/CCCCCCCCCCCCCCCCCC. The van der Waals surface area contributed by atoms with Gasteiger partial charge in [0.05, 0.1) is 39.9 Å². The van der Waals surface area contributed by atoms with Crippen molar-refractivity contribution >= 4 is 13.7 Å². The molecule has 0 saturated heterocycles. The number of rotatable bonds is 62. The van der Waals surface area contributed by atoms with E-state index in [-0.39, 0.29) is 12.5 Å². The van der Waals surface area contributed by atoms with E-state index in [1.54, 1.807) is 6.08 Å². The Morgan fingerprint density at radius 1 is 0.456 bits per heavy atom. The standard InChI is InChI=1S/C70H131N2O6P/c1-6-8-10-12-14-16-18-20-22-24-26-28-30-31-32-33-34-35-36-37-38-39-40-41-42-44-46-48-50-52-54-56-58-60-62-64-70(74)71-68(67-78-79(75,76)77-66-65-72(3,4)5)69(73)63-61-59-57-55-53-51-49-47-45-43-29-27-25-23-21-19-17-15-13-11-9-7-2/h8,10,14,16,20,22,26,28,53,55,61,63,68-69,73H,6-7,9,11-13,15,17-19,21,23-25,27,29-52,54,56-60,62,64-67H2,1-5H3,(H-,71,74,75,76)/b10-8-,16-14-,22-20-,28-26-,55-53+,63-61+. The lowest BCUT2D eigenvalue weighted by Crippen LogP contribution is -2.45. The molecule has 0 rings (SSSR count). The highest BCUT2D eigenvalue weighted by atomic mass is 31.2. The minimum Gasteiger partial charge on any atom is -0.756 e. The molecule has 0 heterocycles. The second kappa shape index (κ2) is 60.5. The third-order valence-corrected chi connectivity index (χ3v) is 16.1. The normalized spacial score (nSPS) is 14.2. The van der Waals surface area contributed by atoms with E-state index in [0.717, 1.165) is 64.2 Å². The molecule has 0 bridgehead atoms. The number of aliphatic hydroxyl groups is 1. The number of carbonyl (C=O) groups is 1. The second-order valence-electron chi connectivity index (χ2n) is 24.1. The molecule has 1 amide bonds. The number of amides is 1. The van der Waals surface area contributed by atoms with Crippen molar-refractivity contribution in [3.05, 3.63) is 72.9 Å². The molecule has 0 radical (unpaired) electrons. The maximum Gasteiger partial charge on any atom is 0.268 e. The van der Waals surface area contributed by atoms with Crippen LogP contribution in [-0.4, -0.2) is 68.5 Å². The molecule has 8 nitrogen and oxygen atoms in total. The van der Waals surface area contributed by atoms with Crippen LogP contribution in [0.25, 0.3) is 0 Å². The van der Waals surface area contributed by atoms with Crippen molar-refractivity contribution in [2.24, 2.45) is 0 Å². The predicted molar refractivity (Wildman–Crippen MR) is 344 cm³/mol. The number of aliphatic hydroxyl groups excluding tert-OH is 1. The van der Waals surface area contributed by atoms with Crippen LogP contribution >= 0.6 is 7.82 Å². The van der Waals surface area contributed by atoms with E-state index in [4.69, 9.17) is 9.05 Å². The molecule has 0 spiro atoms. The largest absolute Gasteiger partial charge is 0.756 e. The molecular formula is C70H131N2O6P. The van der Waals surface area contributed by atoms with Crippen LogP contribution in [0, 0.1) is 0 Å². The zero-order valence-corrected chi connectivity index (χ0v) is 53.7. The first-order valence-electron chi connectivity index (χ1n) is 33.8. The lowest BCUT2D eigenvalue weighted by molar-refractivity contribution is -0.870. The average molecular weight is 1130 g/mol. The zero-order valence-electron chi connectivity index (χ0n) is 52.8. The van der Waals surface area contributed by atoms with Crippen LogP contribution in [0.1, 0.15) is 316 Å². The minimum absolute atomic E-state index is 0.00631. The van der Waals surface area contributed by atoms with Crippen LogP contribution in [0.4, 0.5) is 0 Å². The summed E-state index contributed by atoms with van der Waals surface area (Å²) in [5, 5.41) is 13.9. The van der Waals surface area contributed by atoms with E-state index in [0.29, 0.717) is 17.4 Å². The number of quaternary nitrogens is 1. The first-order chi connectivity index (χ1) is 38.5. The van der Waals surface area contributed by atoms with Crippen molar-refractivity contribution in [1.29, 1.82) is 0 Å². The molecule has 0 fully saturated rings. The molecule has 3 atom stereocenters. The topological polar surface area (TPSA) is 108 Å². The fraction of sp³-hybridized carbons (Fsp3) is 0.814. The second-order valence-corrected chi connectivity index (χ2v) is 25.6. The molecule has 462 valence electrons. The van der Waals surface area contributed by atoms with Crippen molar-refractivity contribution in [3.8, 4) is 0 Å². The molecule has 0 aliphatic rings. The molecule has 9 heteroatoms. The molecule has 3 unspecified atom stereocenters. The molecule has 0 aliphatic heterocycles. The highest BCUT2D eigenvalue weighted by molar-refractivity contribution is 7.45. The van der Waals surface area contributed by atoms with Crippen molar-refractivity contribution in [3.63, 3.8) is 0 Å². The van der Waals surface area contributed by atoms with Crippen LogP contribution in [0.2, 0.25) is 0 Å². The van der Waals surface area contributed by atoms with Crippen LogP contribution < -0.4 is 10.2 Å². The van der Waals surface area contributed by atoms with Gasteiger partial charge in [-0.05, 0) is 70.6 Å². The van der Waals surface area contributed by atoms with E-state index in [2.05, 4.69) is 79.9 Å². The zero-order chi connectivity index (χ0) is 57.7. The Morgan fingerprint density at radius 3 is 1.18 bits per heavy atom. The van der Waals surface area contributed by atoms with Crippen molar-refractivity contribution in [1.82, 2.24) is 5.32 Å². The number of likely N-dealkylation sites (N-methyl/N-ethyl adjacent to an activating group) is 1. The van der Waals surface area contributed by atoms with Gasteiger partial charge in [-0.1, -0.05) is 311 Å². The summed E-state index contributed by atoms with van der Waals surface area (Å²) in [6.45, 7) is 4.55. The molecule has 0 aromatic carbocycles. The Morgan fingerprint density at radius 2 is 0.785 bits per heavy atom. The third-order valence-electron chi connectivity index (χ3n) is 15.2. The number of nitrogens with one attached hydrogen (secondary N) is 1. The van der Waals surface area contributed by atoms with Gasteiger partial charge < -0.3 is 28.8 Å². The van der Waals surface area contributed by atoms with Gasteiger partial charge in [-0.2, -0.15) is 0 Å². The number of carbonyl (C=O) groups excluding carboxylic acids is 1. The van der Waals surface area contributed by atoms with Crippen molar-refractivity contribution < 1.29 is 32.9 Å². The smallest absolute Gasteiger partial charge is 0.268 e. The van der Waals surface area contributed by atoms with Crippen molar-refractivity contribution in [2.75, 3.05) is 40.9 Å². The fourth-order valence-electron chi connectivity index (χ4n) is 9.93. The number of hydrogen-bond donors (Lipinski definition) is 2. The maximum absolute atomic E-state index is 13.0. The van der Waals surface area contributed by atoms with Gasteiger partial charge >= 0.3 is 0 Å². The van der Waals surface area contributed by atoms with Gasteiger partial charge in [-0.3, -0.25) is 9.36 Å². The van der Waals surface area contributed by atoms with E-state index < -0.39 is 26.6 Å². The first-order valence-corrected chi connectivity index (χ1v) is 35.3. The summed E-state index contributed by atoms with van der Waals surface area (Å²) in [6.07, 6.45) is 84.5. The van der Waals surface area contributed by atoms with Gasteiger partial charge in [0, 0.05) is 6.42 Å². The van der Waals surface area contributed by atoms with Gasteiger partial charge in [-0.25, -0.2) is 0 Å². The summed E-state index contributed by atoms with van der Waals surface area (Å²) in [4.78, 5) is 25.6. The lowest BCUT2D eigenvalue weighted by atomic mass is 10.0. The quantitative estimate of drug-likeness (QED) is 0.0272. The summed E-state index contributed by atoms with van der Waals surface area (Å²) < 4.78 is 23.4. The minimum atomic E-state index is -4.61. The van der Waals surface area contributed by atoms with Gasteiger partial charge in [0.2, 0.25) is 5.91 Å². The number of hydrogen-bond acceptors (Lipinski definition) is 6. The van der Waals surface area contributed by atoms with Gasteiger partial charge in [0.15, 0.2) is 0 Å². The lowest BCUT2D eigenvalue weighted by Gasteiger charge is -2.29. The number of allylic oxidation sites excluding steroid dienone is 11. The average Bonchev–Trinajstić information content (AvgIpc) is 3.42. The summed E-state index contributed by atoms with van der Waals surface area (Å²) in [5.74, 6) is -0.203. The summed E-state index contributed by atoms with van der Waals surface area (Å²) in [7, 11) is 1.25. The molecule has 2 N–H and O–H groups in total. The maximum atomic E-state index is 13.0. The summed E-state index contributed by atoms with van der Waals surface area (Å²) >= 11 is 0. The highest BCUT2D eigenvalue weighted by Crippen LogP contribution is 2.38. The first kappa shape index (κ1) is 76.9. The number of nitrogens with zero attached hydrogens (tertiary/aromatic N) is 1. The van der Waals surface area contributed by atoms with Crippen molar-refractivity contribution in [2.45, 2.75) is 328 Å². The summed E-state index contributed by atoms with van der Waals surface area (Å²) in [5.41, 5.74) is 0. The molecule has 0 aromatic rings. The van der Waals surface area contributed by atoms with Crippen LogP contribution in [0.5, 0.6) is 0 Å². The van der Waals surface area contributed by atoms with Crippen LogP contribution in [0.15, 0.2) is 72.9 Å². The van der Waals surface area contributed by atoms with E-state index in [1.165, 1.54) is 231 Å².